The Kier molecular flexibility index (Phi) is 6.91. The van der Waals surface area contributed by atoms with E-state index in [1.54, 1.807) is 19.1 Å². The molecule has 0 saturated heterocycles. The summed E-state index contributed by atoms with van der Waals surface area (Å²) >= 11 is 7.16. The predicted molar refractivity (Wildman–Crippen MR) is 117 cm³/mol. The average Bonchev–Trinajstić information content (AvgIpc) is 3.07. The van der Waals surface area contributed by atoms with Gasteiger partial charge in [-0.05, 0) is 43.3 Å². The lowest BCUT2D eigenvalue weighted by Crippen LogP contribution is -2.22. The van der Waals surface area contributed by atoms with Gasteiger partial charge in [0.15, 0.2) is 11.0 Å². The van der Waals surface area contributed by atoms with Crippen molar-refractivity contribution in [1.82, 2.24) is 14.8 Å². The van der Waals surface area contributed by atoms with Gasteiger partial charge in [-0.25, -0.2) is 0 Å². The Balaban J connectivity index is 1.56. The number of non-ortho nitro benzene ring substituents is 1. The van der Waals surface area contributed by atoms with Gasteiger partial charge >= 0.3 is 0 Å². The third-order valence-corrected chi connectivity index (χ3v) is 5.60. The minimum Gasteiger partial charge on any atom is -0.378 e. The summed E-state index contributed by atoms with van der Waals surface area (Å²) < 4.78 is 1.82. The number of nitro benzene ring substituents is 1. The largest absolute Gasteiger partial charge is 0.378 e. The molecule has 156 valence electrons. The van der Waals surface area contributed by atoms with Crippen LogP contribution in [-0.2, 0) is 18.4 Å². The Bertz CT molecular complexity index is 1040. The zero-order valence-corrected chi connectivity index (χ0v) is 17.8. The van der Waals surface area contributed by atoms with Gasteiger partial charge in [0, 0.05) is 35.6 Å². The van der Waals surface area contributed by atoms with E-state index in [0.29, 0.717) is 22.4 Å². The molecule has 2 aromatic carbocycles. The summed E-state index contributed by atoms with van der Waals surface area (Å²) in [5, 5.41) is 25.9. The van der Waals surface area contributed by atoms with Crippen LogP contribution in [0.4, 0.5) is 17.1 Å². The van der Waals surface area contributed by atoms with E-state index >= 15 is 0 Å². The molecule has 1 atom stereocenters. The number of carbonyl (C=O) groups excluding carboxylic acids is 1. The van der Waals surface area contributed by atoms with Gasteiger partial charge in [0.2, 0.25) is 5.91 Å². The van der Waals surface area contributed by atoms with Crippen LogP contribution in [-0.4, -0.2) is 30.8 Å². The number of aromatic nitrogens is 3. The molecule has 9 nitrogen and oxygen atoms in total. The Hall–Kier alpha value is -3.11. The molecular formula is C19H19ClN6O3S. The number of nitrogens with one attached hydrogen (secondary N) is 2. The molecule has 0 fully saturated rings. The highest BCUT2D eigenvalue weighted by Crippen LogP contribution is 2.24. The Morgan fingerprint density at radius 2 is 1.80 bits per heavy atom. The molecule has 0 aliphatic carbocycles. The molecular weight excluding hydrogens is 428 g/mol. The maximum absolute atomic E-state index is 12.4. The van der Waals surface area contributed by atoms with Gasteiger partial charge < -0.3 is 15.2 Å². The Morgan fingerprint density at radius 3 is 2.43 bits per heavy atom. The Morgan fingerprint density at radius 1 is 1.17 bits per heavy atom. The monoisotopic (exact) mass is 446 g/mol. The number of anilines is 2. The lowest BCUT2D eigenvalue weighted by Gasteiger charge is -2.12. The van der Waals surface area contributed by atoms with Gasteiger partial charge in [0.25, 0.3) is 5.69 Å². The van der Waals surface area contributed by atoms with Gasteiger partial charge in [-0.3, -0.25) is 14.9 Å². The molecule has 0 saturated carbocycles. The van der Waals surface area contributed by atoms with Gasteiger partial charge in [-0.15, -0.1) is 10.2 Å². The van der Waals surface area contributed by atoms with Crippen molar-refractivity contribution in [3.05, 3.63) is 69.5 Å². The van der Waals surface area contributed by atoms with Crippen LogP contribution in [0.1, 0.15) is 12.7 Å². The lowest BCUT2D eigenvalue weighted by atomic mass is 10.3. The van der Waals surface area contributed by atoms with Crippen molar-refractivity contribution in [1.29, 1.82) is 0 Å². The maximum Gasteiger partial charge on any atom is 0.269 e. The average molecular weight is 447 g/mol. The predicted octanol–water partition coefficient (Wildman–Crippen LogP) is 4.11. The van der Waals surface area contributed by atoms with Crippen molar-refractivity contribution in [2.75, 3.05) is 10.6 Å². The van der Waals surface area contributed by atoms with Crippen LogP contribution in [0.3, 0.4) is 0 Å². The SMILES string of the molecule is CC(Sc1nnc(CNc2ccc(Cl)cc2)n1C)C(=O)Nc1ccc([N+](=O)[O-])cc1. The molecule has 0 spiro atoms. The van der Waals surface area contributed by atoms with E-state index in [1.165, 1.54) is 36.0 Å². The number of nitrogens with zero attached hydrogens (tertiary/aromatic N) is 4. The van der Waals surface area contributed by atoms with Gasteiger partial charge in [-0.2, -0.15) is 0 Å². The third-order valence-electron chi connectivity index (χ3n) is 4.22. The molecule has 1 aromatic heterocycles. The summed E-state index contributed by atoms with van der Waals surface area (Å²) in [7, 11) is 1.84. The summed E-state index contributed by atoms with van der Waals surface area (Å²) in [5.74, 6) is 0.480. The molecule has 1 heterocycles. The molecule has 3 aromatic rings. The van der Waals surface area contributed by atoms with Crippen molar-refractivity contribution in [2.24, 2.45) is 7.05 Å². The van der Waals surface area contributed by atoms with E-state index in [0.717, 1.165) is 11.5 Å². The number of nitro groups is 1. The number of hydrogen-bond acceptors (Lipinski definition) is 7. The van der Waals surface area contributed by atoms with Gasteiger partial charge in [-0.1, -0.05) is 23.4 Å². The fraction of sp³-hybridized carbons (Fsp3) is 0.211. The fourth-order valence-corrected chi connectivity index (χ4v) is 3.43. The first-order valence-electron chi connectivity index (χ1n) is 8.93. The van der Waals surface area contributed by atoms with Crippen molar-refractivity contribution in [3.8, 4) is 0 Å². The zero-order chi connectivity index (χ0) is 21.7. The first-order chi connectivity index (χ1) is 14.3. The van der Waals surface area contributed by atoms with Crippen LogP contribution in [0, 0.1) is 10.1 Å². The summed E-state index contributed by atoms with van der Waals surface area (Å²) in [6, 6.07) is 13.0. The second kappa shape index (κ2) is 9.59. The minimum atomic E-state index is -0.489. The molecule has 0 aliphatic heterocycles. The number of benzene rings is 2. The lowest BCUT2D eigenvalue weighted by molar-refractivity contribution is -0.384. The second-order valence-electron chi connectivity index (χ2n) is 6.37. The highest BCUT2D eigenvalue weighted by molar-refractivity contribution is 8.00. The second-order valence-corrected chi connectivity index (χ2v) is 8.12. The molecule has 1 unspecified atom stereocenters. The van der Waals surface area contributed by atoms with Gasteiger partial charge in [0.05, 0.1) is 16.7 Å². The topological polar surface area (TPSA) is 115 Å². The summed E-state index contributed by atoms with van der Waals surface area (Å²) in [6.07, 6.45) is 0. The molecule has 2 N–H and O–H groups in total. The first kappa shape index (κ1) is 21.6. The van der Waals surface area contributed by atoms with E-state index in [4.69, 9.17) is 11.6 Å². The van der Waals surface area contributed by atoms with Crippen LogP contribution in [0.25, 0.3) is 0 Å². The molecule has 0 radical (unpaired) electrons. The van der Waals surface area contributed by atoms with Crippen molar-refractivity contribution < 1.29 is 9.72 Å². The number of rotatable bonds is 8. The smallest absolute Gasteiger partial charge is 0.269 e. The number of halogens is 1. The van der Waals surface area contributed by atoms with E-state index in [1.807, 2.05) is 23.7 Å². The highest BCUT2D eigenvalue weighted by atomic mass is 35.5. The Labute approximate surface area is 182 Å². The van der Waals surface area contributed by atoms with E-state index in [-0.39, 0.29) is 11.6 Å². The van der Waals surface area contributed by atoms with Crippen LogP contribution < -0.4 is 10.6 Å². The molecule has 11 heteroatoms. The number of thioether (sulfide) groups is 1. The van der Waals surface area contributed by atoms with Crippen molar-refractivity contribution in [3.63, 3.8) is 0 Å². The van der Waals surface area contributed by atoms with Crippen molar-refractivity contribution in [2.45, 2.75) is 23.9 Å². The van der Waals surface area contributed by atoms with Crippen LogP contribution >= 0.6 is 23.4 Å². The maximum atomic E-state index is 12.4. The van der Waals surface area contributed by atoms with E-state index in [9.17, 15) is 14.9 Å². The van der Waals surface area contributed by atoms with Crippen LogP contribution in [0.15, 0.2) is 53.7 Å². The quantitative estimate of drug-likeness (QED) is 0.304. The zero-order valence-electron chi connectivity index (χ0n) is 16.2. The van der Waals surface area contributed by atoms with E-state index < -0.39 is 10.2 Å². The molecule has 1 amide bonds. The molecule has 3 rings (SSSR count). The molecule has 0 bridgehead atoms. The van der Waals surface area contributed by atoms with E-state index in [2.05, 4.69) is 20.8 Å². The highest BCUT2D eigenvalue weighted by Gasteiger charge is 2.19. The fourth-order valence-electron chi connectivity index (χ4n) is 2.47. The standard InChI is InChI=1S/C19H19ClN6O3S/c1-12(18(27)22-15-7-9-16(10-8-15)26(28)29)30-19-24-23-17(25(19)2)11-21-14-5-3-13(20)4-6-14/h3-10,12,21H,11H2,1-2H3,(H,22,27). The van der Waals surface area contributed by atoms with Crippen LogP contribution in [0.2, 0.25) is 5.02 Å². The summed E-state index contributed by atoms with van der Waals surface area (Å²) in [6.45, 7) is 2.22. The van der Waals surface area contributed by atoms with Crippen LogP contribution in [0.5, 0.6) is 0 Å². The normalized spacial score (nSPS) is 11.7. The minimum absolute atomic E-state index is 0.0331. The number of hydrogen-bond donors (Lipinski definition) is 2. The van der Waals surface area contributed by atoms with Crippen molar-refractivity contribution >= 4 is 46.3 Å². The molecule has 30 heavy (non-hydrogen) atoms. The van der Waals surface area contributed by atoms with Gasteiger partial charge in [0.1, 0.15) is 0 Å². The summed E-state index contributed by atoms with van der Waals surface area (Å²) in [4.78, 5) is 22.7. The summed E-state index contributed by atoms with van der Waals surface area (Å²) in [5.41, 5.74) is 1.37. The number of amides is 1. The first-order valence-corrected chi connectivity index (χ1v) is 10.2. The third kappa shape index (κ3) is 5.49. The molecule has 0 aliphatic rings. The number of carbonyl (C=O) groups is 1.